The van der Waals surface area contributed by atoms with Gasteiger partial charge in [-0.2, -0.15) is 0 Å². The molecule has 0 aromatic rings. The molecule has 0 aliphatic heterocycles. The minimum absolute atomic E-state index is 0.832. The van der Waals surface area contributed by atoms with Gasteiger partial charge in [0.2, 0.25) is 0 Å². The SMILES string of the molecule is C[C@H]1CCCC[C@@H]1CN. The normalized spacial score (nSPS) is 36.7. The van der Waals surface area contributed by atoms with Crippen molar-refractivity contribution in [1.29, 1.82) is 0 Å². The summed E-state index contributed by atoms with van der Waals surface area (Å²) in [5.74, 6) is 1.72. The van der Waals surface area contributed by atoms with Crippen LogP contribution in [0.15, 0.2) is 0 Å². The molecule has 1 heteroatoms. The molecule has 2 atom stereocenters. The molecule has 0 spiro atoms. The monoisotopic (exact) mass is 127 g/mol. The third kappa shape index (κ3) is 1.68. The molecular formula is C8H17N. The summed E-state index contributed by atoms with van der Waals surface area (Å²) >= 11 is 0. The van der Waals surface area contributed by atoms with E-state index in [4.69, 9.17) is 5.73 Å². The van der Waals surface area contributed by atoms with Crippen molar-refractivity contribution in [2.45, 2.75) is 32.6 Å². The first-order valence-electron chi connectivity index (χ1n) is 4.04. The molecule has 0 bridgehead atoms. The van der Waals surface area contributed by atoms with Crippen LogP contribution in [0.4, 0.5) is 0 Å². The van der Waals surface area contributed by atoms with Gasteiger partial charge in [0.1, 0.15) is 0 Å². The summed E-state index contributed by atoms with van der Waals surface area (Å²) < 4.78 is 0. The lowest BCUT2D eigenvalue weighted by molar-refractivity contribution is 0.263. The molecule has 0 radical (unpaired) electrons. The van der Waals surface area contributed by atoms with Crippen LogP contribution in [0.25, 0.3) is 0 Å². The van der Waals surface area contributed by atoms with Crippen molar-refractivity contribution < 1.29 is 0 Å². The molecule has 1 aliphatic carbocycles. The fourth-order valence-corrected chi connectivity index (χ4v) is 1.74. The smallest absolute Gasteiger partial charge is 0.00463 e. The Bertz CT molecular complexity index is 80.6. The molecule has 1 rings (SSSR count). The maximum Gasteiger partial charge on any atom is -0.00463 e. The third-order valence-electron chi connectivity index (χ3n) is 2.59. The quantitative estimate of drug-likeness (QED) is 0.570. The highest BCUT2D eigenvalue weighted by Crippen LogP contribution is 2.28. The van der Waals surface area contributed by atoms with Crippen molar-refractivity contribution >= 4 is 0 Å². The van der Waals surface area contributed by atoms with Gasteiger partial charge in [0.05, 0.1) is 0 Å². The van der Waals surface area contributed by atoms with E-state index in [2.05, 4.69) is 6.92 Å². The Labute approximate surface area is 57.6 Å². The summed E-state index contributed by atoms with van der Waals surface area (Å²) in [4.78, 5) is 0. The van der Waals surface area contributed by atoms with Gasteiger partial charge in [-0.25, -0.2) is 0 Å². The highest BCUT2D eigenvalue weighted by atomic mass is 14.6. The first-order valence-corrected chi connectivity index (χ1v) is 4.04. The third-order valence-corrected chi connectivity index (χ3v) is 2.59. The molecule has 2 N–H and O–H groups in total. The molecule has 54 valence electrons. The Balaban J connectivity index is 2.30. The largest absolute Gasteiger partial charge is 0.330 e. The average Bonchev–Trinajstić information content (AvgIpc) is 1.89. The zero-order valence-corrected chi connectivity index (χ0v) is 6.27. The maximum absolute atomic E-state index is 5.59. The standard InChI is InChI=1S/C8H17N/c1-7-4-2-3-5-8(7)6-9/h7-8H,2-6,9H2,1H3/t7-,8+/m0/s1. The first kappa shape index (κ1) is 7.07. The zero-order valence-electron chi connectivity index (χ0n) is 6.27. The lowest BCUT2D eigenvalue weighted by Crippen LogP contribution is -2.24. The molecule has 0 amide bonds. The molecule has 0 aromatic heterocycles. The molecule has 1 aliphatic rings. The Hall–Kier alpha value is -0.0400. The van der Waals surface area contributed by atoms with Gasteiger partial charge in [0.25, 0.3) is 0 Å². The van der Waals surface area contributed by atoms with Crippen LogP contribution in [0.2, 0.25) is 0 Å². The molecular weight excluding hydrogens is 110 g/mol. The van der Waals surface area contributed by atoms with E-state index in [1.165, 1.54) is 25.7 Å². The summed E-state index contributed by atoms with van der Waals surface area (Å²) in [7, 11) is 0. The second kappa shape index (κ2) is 3.21. The molecule has 1 saturated carbocycles. The summed E-state index contributed by atoms with van der Waals surface area (Å²) in [5, 5.41) is 0. The van der Waals surface area contributed by atoms with Gasteiger partial charge in [0.15, 0.2) is 0 Å². The van der Waals surface area contributed by atoms with Crippen molar-refractivity contribution in [1.82, 2.24) is 0 Å². The molecule has 0 saturated heterocycles. The van der Waals surface area contributed by atoms with Gasteiger partial charge in [-0.15, -0.1) is 0 Å². The highest BCUT2D eigenvalue weighted by molar-refractivity contribution is 4.72. The van der Waals surface area contributed by atoms with Crippen LogP contribution in [0.5, 0.6) is 0 Å². The van der Waals surface area contributed by atoms with Crippen molar-refractivity contribution in [2.75, 3.05) is 6.54 Å². The summed E-state index contributed by atoms with van der Waals surface area (Å²) in [6.07, 6.45) is 5.61. The number of hydrogen-bond acceptors (Lipinski definition) is 1. The van der Waals surface area contributed by atoms with Gasteiger partial charge < -0.3 is 5.73 Å². The van der Waals surface area contributed by atoms with E-state index in [1.807, 2.05) is 0 Å². The van der Waals surface area contributed by atoms with Gasteiger partial charge >= 0.3 is 0 Å². The van der Waals surface area contributed by atoms with Gasteiger partial charge in [-0.1, -0.05) is 26.2 Å². The molecule has 1 nitrogen and oxygen atoms in total. The van der Waals surface area contributed by atoms with E-state index in [-0.39, 0.29) is 0 Å². The average molecular weight is 127 g/mol. The van der Waals surface area contributed by atoms with Crippen LogP contribution in [0, 0.1) is 11.8 Å². The lowest BCUT2D eigenvalue weighted by atomic mass is 9.81. The van der Waals surface area contributed by atoms with Crippen molar-refractivity contribution in [3.8, 4) is 0 Å². The second-order valence-electron chi connectivity index (χ2n) is 3.26. The fourth-order valence-electron chi connectivity index (χ4n) is 1.74. The minimum Gasteiger partial charge on any atom is -0.330 e. The van der Waals surface area contributed by atoms with Crippen LogP contribution < -0.4 is 5.73 Å². The van der Waals surface area contributed by atoms with E-state index < -0.39 is 0 Å². The summed E-state index contributed by atoms with van der Waals surface area (Å²) in [6.45, 7) is 3.23. The van der Waals surface area contributed by atoms with Gasteiger partial charge in [-0.05, 0) is 24.8 Å². The van der Waals surface area contributed by atoms with Crippen LogP contribution in [0.1, 0.15) is 32.6 Å². The second-order valence-corrected chi connectivity index (χ2v) is 3.26. The molecule has 1 fully saturated rings. The number of nitrogens with two attached hydrogens (primary N) is 1. The predicted molar refractivity (Wildman–Crippen MR) is 40.2 cm³/mol. The molecule has 0 heterocycles. The van der Waals surface area contributed by atoms with Crippen molar-refractivity contribution in [3.05, 3.63) is 0 Å². The zero-order chi connectivity index (χ0) is 6.69. The number of hydrogen-bond donors (Lipinski definition) is 1. The highest BCUT2D eigenvalue weighted by Gasteiger charge is 2.18. The minimum atomic E-state index is 0.832. The van der Waals surface area contributed by atoms with Crippen molar-refractivity contribution in [3.63, 3.8) is 0 Å². The van der Waals surface area contributed by atoms with Gasteiger partial charge in [0, 0.05) is 0 Å². The van der Waals surface area contributed by atoms with Gasteiger partial charge in [-0.3, -0.25) is 0 Å². The van der Waals surface area contributed by atoms with Crippen LogP contribution in [-0.4, -0.2) is 6.54 Å². The first-order chi connectivity index (χ1) is 4.34. The van der Waals surface area contributed by atoms with E-state index in [1.54, 1.807) is 0 Å². The Morgan fingerprint density at radius 1 is 1.33 bits per heavy atom. The van der Waals surface area contributed by atoms with Crippen LogP contribution in [0.3, 0.4) is 0 Å². The van der Waals surface area contributed by atoms with E-state index in [0.717, 1.165) is 18.4 Å². The van der Waals surface area contributed by atoms with Crippen LogP contribution in [-0.2, 0) is 0 Å². The summed E-state index contributed by atoms with van der Waals surface area (Å²) in [6, 6.07) is 0. The number of rotatable bonds is 1. The van der Waals surface area contributed by atoms with E-state index in [0.29, 0.717) is 0 Å². The fraction of sp³-hybridized carbons (Fsp3) is 1.00. The molecule has 9 heavy (non-hydrogen) atoms. The van der Waals surface area contributed by atoms with E-state index in [9.17, 15) is 0 Å². The lowest BCUT2D eigenvalue weighted by Gasteiger charge is -2.27. The van der Waals surface area contributed by atoms with Crippen molar-refractivity contribution in [2.24, 2.45) is 17.6 Å². The Morgan fingerprint density at radius 2 is 2.00 bits per heavy atom. The maximum atomic E-state index is 5.59. The topological polar surface area (TPSA) is 26.0 Å². The summed E-state index contributed by atoms with van der Waals surface area (Å²) in [5.41, 5.74) is 5.59. The predicted octanol–water partition coefficient (Wildman–Crippen LogP) is 1.77. The molecule has 0 unspecified atom stereocenters. The molecule has 0 aromatic carbocycles. The van der Waals surface area contributed by atoms with E-state index >= 15 is 0 Å². The van der Waals surface area contributed by atoms with Crippen LogP contribution >= 0.6 is 0 Å². The Kier molecular flexibility index (Phi) is 2.52. The Morgan fingerprint density at radius 3 is 2.44 bits per heavy atom.